The fourth-order valence-corrected chi connectivity index (χ4v) is 0.289. The molecule has 64 valence electrons. The Morgan fingerprint density at radius 1 is 1.10 bits per heavy atom. The van der Waals surface area contributed by atoms with E-state index < -0.39 is 6.48 Å². The second kappa shape index (κ2) is 11.6. The molecule has 0 saturated carbocycles. The molecule has 0 aromatic rings. The third-order valence-corrected chi connectivity index (χ3v) is 0.577. The first kappa shape index (κ1) is 12.5. The average molecular weight is 152 g/mol. The molecule has 0 atom stereocenters. The molecule has 0 unspecified atom stereocenters. The molecule has 0 spiro atoms. The molecule has 0 aliphatic heterocycles. The monoisotopic (exact) mass is 152 g/mol. The van der Waals surface area contributed by atoms with Crippen LogP contribution in [0.5, 0.6) is 0 Å². The van der Waals surface area contributed by atoms with E-state index in [-0.39, 0.29) is 6.61 Å². The summed E-state index contributed by atoms with van der Waals surface area (Å²) in [6, 6.07) is 0. The van der Waals surface area contributed by atoms with Gasteiger partial charge in [0.05, 0.1) is 0 Å². The summed E-state index contributed by atoms with van der Waals surface area (Å²) in [4.78, 5) is 0. The quantitative estimate of drug-likeness (QED) is 0.587. The number of methoxy groups -OCH3 is 3. The fourth-order valence-electron chi connectivity index (χ4n) is 0.289. The van der Waals surface area contributed by atoms with Crippen LogP contribution < -0.4 is 0 Å². The molecule has 0 aliphatic rings. The maximum Gasteiger partial charge on any atom is 0.270 e. The fraction of sp³-hybridized carbons (Fsp3) is 1.00. The van der Waals surface area contributed by atoms with E-state index in [1.54, 1.807) is 6.92 Å². The lowest BCUT2D eigenvalue weighted by atomic mass is 10.9. The lowest BCUT2D eigenvalue weighted by Gasteiger charge is -2.08. The zero-order valence-electron chi connectivity index (χ0n) is 6.96. The highest BCUT2D eigenvalue weighted by atomic mass is 16.8. The summed E-state index contributed by atoms with van der Waals surface area (Å²) in [6.07, 6.45) is 0. The normalized spacial score (nSPS) is 9.00. The van der Waals surface area contributed by atoms with Crippen LogP contribution in [0.3, 0.4) is 0 Å². The Morgan fingerprint density at radius 3 is 1.30 bits per heavy atom. The molecule has 10 heavy (non-hydrogen) atoms. The predicted octanol–water partition coefficient (Wildman–Crippen LogP) is 0.208. The number of aliphatic hydroxyl groups excluding tert-OH is 1. The minimum absolute atomic E-state index is 0.250. The van der Waals surface area contributed by atoms with E-state index in [2.05, 4.69) is 14.2 Å². The average Bonchev–Trinajstić information content (AvgIpc) is 1.93. The molecule has 0 heterocycles. The molecule has 0 aromatic heterocycles. The van der Waals surface area contributed by atoms with Crippen molar-refractivity contribution in [3.05, 3.63) is 0 Å². The van der Waals surface area contributed by atoms with E-state index in [0.717, 1.165) is 0 Å². The van der Waals surface area contributed by atoms with Crippen LogP contribution in [0.25, 0.3) is 0 Å². The van der Waals surface area contributed by atoms with E-state index in [1.165, 1.54) is 21.3 Å². The Balaban J connectivity index is 0. The van der Waals surface area contributed by atoms with Gasteiger partial charge in [-0.15, -0.1) is 0 Å². The molecule has 4 heteroatoms. The van der Waals surface area contributed by atoms with Crippen LogP contribution in [0, 0.1) is 0 Å². The summed E-state index contributed by atoms with van der Waals surface area (Å²) in [5.74, 6) is 0. The third kappa shape index (κ3) is 10.8. The topological polar surface area (TPSA) is 47.9 Å². The molecule has 4 nitrogen and oxygen atoms in total. The Kier molecular flexibility index (Phi) is 14.5. The molecule has 1 N–H and O–H groups in total. The Hall–Kier alpha value is -0.160. The van der Waals surface area contributed by atoms with Crippen molar-refractivity contribution >= 4 is 0 Å². The highest BCUT2D eigenvalue weighted by molar-refractivity contribution is 4.08. The predicted molar refractivity (Wildman–Crippen MR) is 37.6 cm³/mol. The summed E-state index contributed by atoms with van der Waals surface area (Å²) in [6.45, 7) is 1.42. The van der Waals surface area contributed by atoms with Gasteiger partial charge in [0.2, 0.25) is 0 Å². The molecule has 0 radical (unpaired) electrons. The number of ether oxygens (including phenoxy) is 3. The molecule has 0 aromatic carbocycles. The Morgan fingerprint density at radius 2 is 1.30 bits per heavy atom. The highest BCUT2D eigenvalue weighted by Gasteiger charge is 1.96. The van der Waals surface area contributed by atoms with E-state index in [1.807, 2.05) is 0 Å². The number of aliphatic hydroxyl groups is 1. The molecule has 0 amide bonds. The zero-order valence-corrected chi connectivity index (χ0v) is 6.96. The lowest BCUT2D eigenvalue weighted by molar-refractivity contribution is -0.252. The molecular weight excluding hydrogens is 136 g/mol. The van der Waals surface area contributed by atoms with Crippen LogP contribution in [-0.4, -0.2) is 39.5 Å². The smallest absolute Gasteiger partial charge is 0.270 e. The summed E-state index contributed by atoms with van der Waals surface area (Å²) in [7, 11) is 4.53. The summed E-state index contributed by atoms with van der Waals surface area (Å²) >= 11 is 0. The van der Waals surface area contributed by atoms with Crippen molar-refractivity contribution < 1.29 is 19.3 Å². The SMILES string of the molecule is CCO.COC(OC)OC. The number of hydrogen-bond acceptors (Lipinski definition) is 4. The van der Waals surface area contributed by atoms with Crippen LogP contribution in [-0.2, 0) is 14.2 Å². The molecule has 0 aliphatic carbocycles. The van der Waals surface area contributed by atoms with Gasteiger partial charge >= 0.3 is 0 Å². The molecule has 0 fully saturated rings. The maximum absolute atomic E-state index is 7.57. The van der Waals surface area contributed by atoms with E-state index in [4.69, 9.17) is 5.11 Å². The summed E-state index contributed by atoms with van der Waals surface area (Å²) in [5, 5.41) is 7.57. The first-order chi connectivity index (χ1) is 4.76. The zero-order chi connectivity index (χ0) is 8.41. The second-order valence-electron chi connectivity index (χ2n) is 1.31. The molecule has 0 rings (SSSR count). The number of rotatable bonds is 3. The van der Waals surface area contributed by atoms with Crippen molar-refractivity contribution in [1.82, 2.24) is 0 Å². The van der Waals surface area contributed by atoms with Gasteiger partial charge in [0, 0.05) is 27.9 Å². The van der Waals surface area contributed by atoms with Gasteiger partial charge in [-0.3, -0.25) is 0 Å². The van der Waals surface area contributed by atoms with E-state index >= 15 is 0 Å². The standard InChI is InChI=1S/C4H10O3.C2H6O/c1-5-4(6-2)7-3;1-2-3/h4H,1-3H3;3H,2H2,1H3. The summed E-state index contributed by atoms with van der Waals surface area (Å²) in [5.41, 5.74) is 0. The minimum Gasteiger partial charge on any atom is -0.397 e. The molecule has 0 bridgehead atoms. The van der Waals surface area contributed by atoms with Crippen molar-refractivity contribution in [2.45, 2.75) is 13.4 Å². The van der Waals surface area contributed by atoms with E-state index in [9.17, 15) is 0 Å². The van der Waals surface area contributed by atoms with Gasteiger partial charge in [0.25, 0.3) is 6.48 Å². The molecule has 0 saturated heterocycles. The van der Waals surface area contributed by atoms with Gasteiger partial charge in [-0.1, -0.05) is 0 Å². The first-order valence-corrected chi connectivity index (χ1v) is 2.96. The van der Waals surface area contributed by atoms with Crippen LogP contribution >= 0.6 is 0 Å². The largest absolute Gasteiger partial charge is 0.397 e. The summed E-state index contributed by atoms with van der Waals surface area (Å²) < 4.78 is 13.8. The van der Waals surface area contributed by atoms with Gasteiger partial charge in [-0.05, 0) is 6.92 Å². The molecular formula is C6H16O4. The van der Waals surface area contributed by atoms with Gasteiger partial charge in [0.1, 0.15) is 0 Å². The third-order valence-electron chi connectivity index (χ3n) is 0.577. The van der Waals surface area contributed by atoms with Gasteiger partial charge in [-0.2, -0.15) is 0 Å². The van der Waals surface area contributed by atoms with Gasteiger partial charge in [-0.25, -0.2) is 0 Å². The number of hydrogen-bond donors (Lipinski definition) is 1. The lowest BCUT2D eigenvalue weighted by Crippen LogP contribution is -2.14. The van der Waals surface area contributed by atoms with Crippen LogP contribution in [0.15, 0.2) is 0 Å². The van der Waals surface area contributed by atoms with Gasteiger partial charge < -0.3 is 19.3 Å². The van der Waals surface area contributed by atoms with Crippen molar-refractivity contribution in [1.29, 1.82) is 0 Å². The van der Waals surface area contributed by atoms with Crippen molar-refractivity contribution in [2.24, 2.45) is 0 Å². The van der Waals surface area contributed by atoms with E-state index in [0.29, 0.717) is 0 Å². The van der Waals surface area contributed by atoms with Crippen molar-refractivity contribution in [3.8, 4) is 0 Å². The van der Waals surface area contributed by atoms with Crippen LogP contribution in [0.4, 0.5) is 0 Å². The highest BCUT2D eigenvalue weighted by Crippen LogP contribution is 1.87. The second-order valence-corrected chi connectivity index (χ2v) is 1.31. The Bertz CT molecular complexity index is 39.5. The minimum atomic E-state index is -0.514. The first-order valence-electron chi connectivity index (χ1n) is 2.96. The van der Waals surface area contributed by atoms with Crippen molar-refractivity contribution in [2.75, 3.05) is 27.9 Å². The van der Waals surface area contributed by atoms with Gasteiger partial charge in [0.15, 0.2) is 0 Å². The van der Waals surface area contributed by atoms with Crippen molar-refractivity contribution in [3.63, 3.8) is 0 Å². The van der Waals surface area contributed by atoms with Crippen LogP contribution in [0.2, 0.25) is 0 Å². The Labute approximate surface area is 61.7 Å². The van der Waals surface area contributed by atoms with Crippen LogP contribution in [0.1, 0.15) is 6.92 Å². The maximum atomic E-state index is 7.57.